The standard InChI is InChI=1S/C28H23Br2ClN2O4S/c1-16(2)18-7-9-20(10-8-18)32-25(34)14-33-27(35)24(38-28(33)36)13-17-11-21(29)26(22(30)12-17)37-15-19-5-3-4-6-23(19)31/h3-13,16H,14-15H2,1-2H3,(H,32,34)/b24-13+. The van der Waals surface area contributed by atoms with E-state index in [0.717, 1.165) is 27.8 Å². The largest absolute Gasteiger partial charge is 0.486 e. The molecule has 1 saturated heterocycles. The highest BCUT2D eigenvalue weighted by Gasteiger charge is 2.36. The van der Waals surface area contributed by atoms with Crippen LogP contribution in [0.15, 0.2) is 74.5 Å². The van der Waals surface area contributed by atoms with Crippen LogP contribution in [0.2, 0.25) is 5.02 Å². The first-order valence-electron chi connectivity index (χ1n) is 11.6. The van der Waals surface area contributed by atoms with Gasteiger partial charge in [-0.1, -0.05) is 55.8 Å². The van der Waals surface area contributed by atoms with Crippen molar-refractivity contribution in [2.45, 2.75) is 26.4 Å². The number of nitrogens with zero attached hydrogens (tertiary/aromatic N) is 1. The summed E-state index contributed by atoms with van der Waals surface area (Å²) in [4.78, 5) is 39.2. The van der Waals surface area contributed by atoms with Crippen molar-refractivity contribution in [3.05, 3.63) is 96.2 Å². The SMILES string of the molecule is CC(C)c1ccc(NC(=O)CN2C(=O)S/C(=C/c3cc(Br)c(OCc4ccccc4Cl)c(Br)c3)C2=O)cc1. The summed E-state index contributed by atoms with van der Waals surface area (Å²) in [6.45, 7) is 4.08. The molecule has 10 heteroatoms. The fraction of sp³-hybridized carbons (Fsp3) is 0.179. The van der Waals surface area contributed by atoms with Gasteiger partial charge in [0.15, 0.2) is 0 Å². The molecule has 0 bridgehead atoms. The molecule has 38 heavy (non-hydrogen) atoms. The maximum absolute atomic E-state index is 12.9. The van der Waals surface area contributed by atoms with Gasteiger partial charge in [0.1, 0.15) is 18.9 Å². The van der Waals surface area contributed by atoms with Crippen LogP contribution in [0.3, 0.4) is 0 Å². The molecular formula is C28H23Br2ClN2O4S. The molecule has 3 aromatic rings. The van der Waals surface area contributed by atoms with Gasteiger partial charge in [0.2, 0.25) is 5.91 Å². The molecular weight excluding hydrogens is 656 g/mol. The molecule has 0 atom stereocenters. The molecule has 3 aromatic carbocycles. The lowest BCUT2D eigenvalue weighted by Gasteiger charge is -2.13. The Labute approximate surface area is 247 Å². The highest BCUT2D eigenvalue weighted by atomic mass is 79.9. The van der Waals surface area contributed by atoms with Gasteiger partial charge in [-0.15, -0.1) is 0 Å². The smallest absolute Gasteiger partial charge is 0.294 e. The van der Waals surface area contributed by atoms with Gasteiger partial charge in [-0.2, -0.15) is 0 Å². The van der Waals surface area contributed by atoms with Gasteiger partial charge in [-0.3, -0.25) is 19.3 Å². The Balaban J connectivity index is 1.42. The number of halogens is 3. The Bertz CT molecular complexity index is 1400. The zero-order chi connectivity index (χ0) is 27.4. The summed E-state index contributed by atoms with van der Waals surface area (Å²) < 4.78 is 7.27. The van der Waals surface area contributed by atoms with E-state index < -0.39 is 17.1 Å². The first-order chi connectivity index (χ1) is 18.1. The number of amides is 3. The lowest BCUT2D eigenvalue weighted by Crippen LogP contribution is -2.36. The summed E-state index contributed by atoms with van der Waals surface area (Å²) >= 11 is 14.0. The molecule has 6 nitrogen and oxygen atoms in total. The van der Waals surface area contributed by atoms with E-state index in [1.54, 1.807) is 36.4 Å². The number of anilines is 1. The van der Waals surface area contributed by atoms with Crippen molar-refractivity contribution >= 4 is 84.0 Å². The van der Waals surface area contributed by atoms with Gasteiger partial charge in [0.05, 0.1) is 13.9 Å². The summed E-state index contributed by atoms with van der Waals surface area (Å²) in [6.07, 6.45) is 1.61. The van der Waals surface area contributed by atoms with Crippen molar-refractivity contribution in [2.75, 3.05) is 11.9 Å². The number of rotatable bonds is 8. The predicted octanol–water partition coefficient (Wildman–Crippen LogP) is 8.24. The third-order valence-electron chi connectivity index (χ3n) is 5.68. The lowest BCUT2D eigenvalue weighted by atomic mass is 10.0. The number of thioether (sulfide) groups is 1. The number of imide groups is 1. The van der Waals surface area contributed by atoms with Crippen molar-refractivity contribution in [3.8, 4) is 5.75 Å². The van der Waals surface area contributed by atoms with Crippen LogP contribution in [0, 0.1) is 0 Å². The molecule has 0 radical (unpaired) electrons. The fourth-order valence-corrected chi connectivity index (χ4v) is 6.13. The fourth-order valence-electron chi connectivity index (χ4n) is 3.65. The summed E-state index contributed by atoms with van der Waals surface area (Å²) in [7, 11) is 0. The molecule has 0 aliphatic carbocycles. The average Bonchev–Trinajstić information content (AvgIpc) is 3.12. The third kappa shape index (κ3) is 6.88. The second-order valence-electron chi connectivity index (χ2n) is 8.79. The van der Waals surface area contributed by atoms with E-state index in [1.165, 1.54) is 0 Å². The summed E-state index contributed by atoms with van der Waals surface area (Å²) in [6, 6.07) is 18.5. The van der Waals surface area contributed by atoms with E-state index in [4.69, 9.17) is 16.3 Å². The summed E-state index contributed by atoms with van der Waals surface area (Å²) in [5, 5.41) is 2.86. The molecule has 0 saturated carbocycles. The maximum Gasteiger partial charge on any atom is 0.294 e. The van der Waals surface area contributed by atoms with Crippen molar-refractivity contribution in [1.29, 1.82) is 0 Å². The summed E-state index contributed by atoms with van der Waals surface area (Å²) in [5.41, 5.74) is 3.28. The number of hydrogen-bond donors (Lipinski definition) is 1. The van der Waals surface area contributed by atoms with Crippen LogP contribution in [0.25, 0.3) is 6.08 Å². The minimum Gasteiger partial charge on any atom is -0.486 e. The molecule has 4 rings (SSSR count). The molecule has 196 valence electrons. The Morgan fingerprint density at radius 1 is 1.08 bits per heavy atom. The molecule has 1 aliphatic heterocycles. The van der Waals surface area contributed by atoms with E-state index in [-0.39, 0.29) is 18.1 Å². The number of carbonyl (C=O) groups excluding carboxylic acids is 3. The monoisotopic (exact) mass is 676 g/mol. The first kappa shape index (κ1) is 28.4. The van der Waals surface area contributed by atoms with Crippen molar-refractivity contribution < 1.29 is 19.1 Å². The molecule has 0 spiro atoms. The Morgan fingerprint density at radius 2 is 1.74 bits per heavy atom. The van der Waals surface area contributed by atoms with Gasteiger partial charge >= 0.3 is 0 Å². The van der Waals surface area contributed by atoms with Crippen LogP contribution in [0.4, 0.5) is 10.5 Å². The van der Waals surface area contributed by atoms with Crippen molar-refractivity contribution in [2.24, 2.45) is 0 Å². The van der Waals surface area contributed by atoms with E-state index in [1.807, 2.05) is 30.3 Å². The van der Waals surface area contributed by atoms with E-state index in [9.17, 15) is 14.4 Å². The number of ether oxygens (including phenoxy) is 1. The number of hydrogen-bond acceptors (Lipinski definition) is 5. The van der Waals surface area contributed by atoms with Gasteiger partial charge in [-0.25, -0.2) is 0 Å². The van der Waals surface area contributed by atoms with E-state index >= 15 is 0 Å². The minimum atomic E-state index is -0.517. The molecule has 0 unspecified atom stereocenters. The lowest BCUT2D eigenvalue weighted by molar-refractivity contribution is -0.127. The van der Waals surface area contributed by atoms with Gasteiger partial charge in [-0.05, 0) is 97.1 Å². The normalized spacial score (nSPS) is 14.5. The second-order valence-corrected chi connectivity index (χ2v) is 11.9. The Kier molecular flexibility index (Phi) is 9.36. The first-order valence-corrected chi connectivity index (χ1v) is 14.4. The zero-order valence-electron chi connectivity index (χ0n) is 20.5. The minimum absolute atomic E-state index is 0.229. The maximum atomic E-state index is 12.9. The average molecular weight is 679 g/mol. The van der Waals surface area contributed by atoms with Crippen LogP contribution in [0.5, 0.6) is 5.75 Å². The second kappa shape index (κ2) is 12.5. The molecule has 1 N–H and O–H groups in total. The molecule has 1 fully saturated rings. The van der Waals surface area contributed by atoms with Crippen LogP contribution in [-0.4, -0.2) is 28.5 Å². The quantitative estimate of drug-likeness (QED) is 0.243. The highest BCUT2D eigenvalue weighted by molar-refractivity contribution is 9.11. The van der Waals surface area contributed by atoms with Crippen LogP contribution >= 0.6 is 55.2 Å². The third-order valence-corrected chi connectivity index (χ3v) is 8.14. The van der Waals surface area contributed by atoms with Crippen molar-refractivity contribution in [1.82, 2.24) is 4.90 Å². The van der Waals surface area contributed by atoms with E-state index in [0.29, 0.717) is 36.9 Å². The predicted molar refractivity (Wildman–Crippen MR) is 159 cm³/mol. The molecule has 1 aliphatic rings. The number of nitrogens with one attached hydrogen (secondary N) is 1. The topological polar surface area (TPSA) is 75.7 Å². The zero-order valence-corrected chi connectivity index (χ0v) is 25.2. The van der Waals surface area contributed by atoms with Crippen molar-refractivity contribution in [3.63, 3.8) is 0 Å². The molecule has 1 heterocycles. The van der Waals surface area contributed by atoms with Crippen LogP contribution in [0.1, 0.15) is 36.5 Å². The Hall–Kier alpha value is -2.59. The molecule has 3 amide bonds. The van der Waals surface area contributed by atoms with E-state index in [2.05, 4.69) is 51.0 Å². The molecule has 0 aromatic heterocycles. The van der Waals surface area contributed by atoms with Gasteiger partial charge < -0.3 is 10.1 Å². The van der Waals surface area contributed by atoms with Gasteiger partial charge in [0.25, 0.3) is 11.1 Å². The Morgan fingerprint density at radius 3 is 2.37 bits per heavy atom. The van der Waals surface area contributed by atoms with Crippen LogP contribution in [-0.2, 0) is 16.2 Å². The van der Waals surface area contributed by atoms with Gasteiger partial charge in [0, 0.05) is 16.3 Å². The highest BCUT2D eigenvalue weighted by Crippen LogP contribution is 2.38. The number of carbonyl (C=O) groups is 3. The summed E-state index contributed by atoms with van der Waals surface area (Å²) in [5.74, 6) is -0.0126. The van der Waals surface area contributed by atoms with Crippen LogP contribution < -0.4 is 10.1 Å². The number of benzene rings is 3.